The van der Waals surface area contributed by atoms with Gasteiger partial charge >= 0.3 is 0 Å². The SMILES string of the molecule is COCCCOCCN1CCC(CO)C1. The van der Waals surface area contributed by atoms with E-state index in [1.165, 1.54) is 0 Å². The Morgan fingerprint density at radius 2 is 2.20 bits per heavy atom. The molecule has 0 saturated carbocycles. The fourth-order valence-electron chi connectivity index (χ4n) is 1.87. The van der Waals surface area contributed by atoms with Crippen molar-refractivity contribution >= 4 is 0 Å². The van der Waals surface area contributed by atoms with Crippen molar-refractivity contribution in [1.29, 1.82) is 0 Å². The molecule has 0 aromatic rings. The summed E-state index contributed by atoms with van der Waals surface area (Å²) in [7, 11) is 1.71. The van der Waals surface area contributed by atoms with Gasteiger partial charge in [0.05, 0.1) is 6.61 Å². The lowest BCUT2D eigenvalue weighted by atomic mass is 10.1. The lowest BCUT2D eigenvalue weighted by molar-refractivity contribution is 0.0870. The molecule has 1 heterocycles. The molecule has 4 heteroatoms. The molecule has 0 amide bonds. The number of nitrogens with zero attached hydrogens (tertiary/aromatic N) is 1. The van der Waals surface area contributed by atoms with E-state index in [1.54, 1.807) is 7.11 Å². The minimum atomic E-state index is 0.325. The highest BCUT2D eigenvalue weighted by molar-refractivity contribution is 4.74. The van der Waals surface area contributed by atoms with Gasteiger partial charge in [-0.25, -0.2) is 0 Å². The molecule has 1 atom stereocenters. The molecule has 0 bridgehead atoms. The average Bonchev–Trinajstić information content (AvgIpc) is 2.71. The van der Waals surface area contributed by atoms with Crippen LogP contribution >= 0.6 is 0 Å². The molecule has 1 aliphatic heterocycles. The van der Waals surface area contributed by atoms with Crippen LogP contribution in [0, 0.1) is 5.92 Å². The topological polar surface area (TPSA) is 41.9 Å². The van der Waals surface area contributed by atoms with Gasteiger partial charge in [0.1, 0.15) is 0 Å². The lowest BCUT2D eigenvalue weighted by Gasteiger charge is -2.15. The third-order valence-electron chi connectivity index (χ3n) is 2.82. The lowest BCUT2D eigenvalue weighted by Crippen LogP contribution is -2.26. The van der Waals surface area contributed by atoms with Gasteiger partial charge in [0.25, 0.3) is 0 Å². The van der Waals surface area contributed by atoms with Crippen LogP contribution < -0.4 is 0 Å². The summed E-state index contributed by atoms with van der Waals surface area (Å²) in [4.78, 5) is 2.36. The Bertz CT molecular complexity index is 155. The first-order valence-electron chi connectivity index (χ1n) is 5.76. The van der Waals surface area contributed by atoms with Gasteiger partial charge in [-0.2, -0.15) is 0 Å². The molecule has 4 nitrogen and oxygen atoms in total. The number of hydrogen-bond donors (Lipinski definition) is 1. The molecule has 1 saturated heterocycles. The standard InChI is InChI=1S/C11H23NO3/c1-14-6-2-7-15-8-5-12-4-3-11(9-12)10-13/h11,13H,2-10H2,1H3. The maximum atomic E-state index is 8.98. The Hall–Kier alpha value is -0.160. The molecule has 0 spiro atoms. The zero-order valence-electron chi connectivity index (χ0n) is 9.65. The summed E-state index contributed by atoms with van der Waals surface area (Å²) in [6.07, 6.45) is 2.09. The van der Waals surface area contributed by atoms with E-state index < -0.39 is 0 Å². The van der Waals surface area contributed by atoms with Gasteiger partial charge in [-0.15, -0.1) is 0 Å². The van der Waals surface area contributed by atoms with Crippen molar-refractivity contribution in [1.82, 2.24) is 4.90 Å². The van der Waals surface area contributed by atoms with Crippen LogP contribution in [-0.2, 0) is 9.47 Å². The highest BCUT2D eigenvalue weighted by Gasteiger charge is 2.20. The molecule has 1 aliphatic rings. The Kier molecular flexibility index (Phi) is 6.92. The van der Waals surface area contributed by atoms with Gasteiger partial charge < -0.3 is 19.5 Å². The van der Waals surface area contributed by atoms with E-state index in [1.807, 2.05) is 0 Å². The number of rotatable bonds is 8. The summed E-state index contributed by atoms with van der Waals surface area (Å²) in [6, 6.07) is 0. The van der Waals surface area contributed by atoms with Crippen molar-refractivity contribution in [3.05, 3.63) is 0 Å². The second-order valence-corrected chi connectivity index (χ2v) is 4.10. The van der Waals surface area contributed by atoms with Crippen LogP contribution in [0.5, 0.6) is 0 Å². The van der Waals surface area contributed by atoms with Crippen molar-refractivity contribution in [2.75, 3.05) is 53.2 Å². The number of aliphatic hydroxyl groups excluding tert-OH is 1. The van der Waals surface area contributed by atoms with Gasteiger partial charge in [-0.05, 0) is 25.3 Å². The minimum absolute atomic E-state index is 0.325. The molecule has 15 heavy (non-hydrogen) atoms. The first kappa shape index (κ1) is 12.9. The van der Waals surface area contributed by atoms with Crippen molar-refractivity contribution in [2.24, 2.45) is 5.92 Å². The maximum Gasteiger partial charge on any atom is 0.0593 e. The molecule has 1 fully saturated rings. The van der Waals surface area contributed by atoms with E-state index in [-0.39, 0.29) is 0 Å². The van der Waals surface area contributed by atoms with Gasteiger partial charge in [0.15, 0.2) is 0 Å². The molecule has 1 N–H and O–H groups in total. The van der Waals surface area contributed by atoms with E-state index in [0.29, 0.717) is 12.5 Å². The Labute approximate surface area is 92.2 Å². The number of likely N-dealkylation sites (tertiary alicyclic amines) is 1. The largest absolute Gasteiger partial charge is 0.396 e. The number of aliphatic hydroxyl groups is 1. The van der Waals surface area contributed by atoms with Crippen molar-refractivity contribution in [3.8, 4) is 0 Å². The zero-order valence-corrected chi connectivity index (χ0v) is 9.65. The summed E-state index contributed by atoms with van der Waals surface area (Å²) >= 11 is 0. The first-order chi connectivity index (χ1) is 7.36. The van der Waals surface area contributed by atoms with E-state index in [2.05, 4.69) is 4.90 Å². The van der Waals surface area contributed by atoms with Crippen LogP contribution in [0.4, 0.5) is 0 Å². The molecule has 0 aromatic carbocycles. The van der Waals surface area contributed by atoms with Crippen LogP contribution in [0.25, 0.3) is 0 Å². The molecule has 90 valence electrons. The monoisotopic (exact) mass is 217 g/mol. The van der Waals surface area contributed by atoms with Crippen molar-refractivity contribution in [3.63, 3.8) is 0 Å². The third-order valence-corrected chi connectivity index (χ3v) is 2.82. The highest BCUT2D eigenvalue weighted by atomic mass is 16.5. The van der Waals surface area contributed by atoms with Crippen LogP contribution in [0.2, 0.25) is 0 Å². The normalized spacial score (nSPS) is 22.4. The molecule has 0 aromatic heterocycles. The summed E-state index contributed by atoms with van der Waals surface area (Å²) in [5.41, 5.74) is 0. The molecule has 1 rings (SSSR count). The van der Waals surface area contributed by atoms with Gasteiger partial charge in [0.2, 0.25) is 0 Å². The van der Waals surface area contributed by atoms with E-state index in [4.69, 9.17) is 14.6 Å². The van der Waals surface area contributed by atoms with Crippen molar-refractivity contribution < 1.29 is 14.6 Å². The molecule has 1 unspecified atom stereocenters. The highest BCUT2D eigenvalue weighted by Crippen LogP contribution is 2.14. The summed E-state index contributed by atoms with van der Waals surface area (Å²) in [5, 5.41) is 8.98. The number of hydrogen-bond acceptors (Lipinski definition) is 4. The fourth-order valence-corrected chi connectivity index (χ4v) is 1.87. The summed E-state index contributed by atoms with van der Waals surface area (Å²) in [5.74, 6) is 0.485. The van der Waals surface area contributed by atoms with Gasteiger partial charge in [-0.3, -0.25) is 0 Å². The summed E-state index contributed by atoms with van der Waals surface area (Å²) < 4.78 is 10.4. The molecular weight excluding hydrogens is 194 g/mol. The number of methoxy groups -OCH3 is 1. The van der Waals surface area contributed by atoms with Gasteiger partial charge in [0, 0.05) is 40.0 Å². The summed E-state index contributed by atoms with van der Waals surface area (Å²) in [6.45, 7) is 5.79. The first-order valence-corrected chi connectivity index (χ1v) is 5.76. The van der Waals surface area contributed by atoms with E-state index >= 15 is 0 Å². The molecule has 0 radical (unpaired) electrons. The minimum Gasteiger partial charge on any atom is -0.396 e. The van der Waals surface area contributed by atoms with Crippen molar-refractivity contribution in [2.45, 2.75) is 12.8 Å². The molecule has 0 aliphatic carbocycles. The Balaban J connectivity index is 1.88. The third kappa shape index (κ3) is 5.47. The quantitative estimate of drug-likeness (QED) is 0.596. The van der Waals surface area contributed by atoms with E-state index in [0.717, 1.165) is 52.3 Å². The Morgan fingerprint density at radius 1 is 1.33 bits per heavy atom. The van der Waals surface area contributed by atoms with Crippen LogP contribution in [0.1, 0.15) is 12.8 Å². The van der Waals surface area contributed by atoms with Gasteiger partial charge in [-0.1, -0.05) is 0 Å². The van der Waals surface area contributed by atoms with Crippen LogP contribution in [-0.4, -0.2) is 63.2 Å². The smallest absolute Gasteiger partial charge is 0.0593 e. The maximum absolute atomic E-state index is 8.98. The second-order valence-electron chi connectivity index (χ2n) is 4.10. The van der Waals surface area contributed by atoms with Crippen LogP contribution in [0.15, 0.2) is 0 Å². The molecular formula is C11H23NO3. The van der Waals surface area contributed by atoms with Crippen LogP contribution in [0.3, 0.4) is 0 Å². The zero-order chi connectivity index (χ0) is 10.9. The Morgan fingerprint density at radius 3 is 2.87 bits per heavy atom. The average molecular weight is 217 g/mol. The predicted molar refractivity (Wildman–Crippen MR) is 58.9 cm³/mol. The number of ether oxygens (including phenoxy) is 2. The predicted octanol–water partition coefficient (Wildman–Crippen LogP) is 0.354. The van der Waals surface area contributed by atoms with E-state index in [9.17, 15) is 0 Å². The fraction of sp³-hybridized carbons (Fsp3) is 1.00. The second kappa shape index (κ2) is 8.05.